The van der Waals surface area contributed by atoms with E-state index >= 15 is 0 Å². The van der Waals surface area contributed by atoms with E-state index in [4.69, 9.17) is 9.47 Å². The molecule has 0 aliphatic carbocycles. The van der Waals surface area contributed by atoms with Crippen molar-refractivity contribution in [2.75, 3.05) is 19.8 Å². The van der Waals surface area contributed by atoms with Crippen LogP contribution in [0, 0.1) is 0 Å². The highest BCUT2D eigenvalue weighted by Gasteiger charge is 2.24. The number of ether oxygens (including phenoxy) is 2. The molecule has 2 unspecified atom stereocenters. The maximum absolute atomic E-state index is 5.84. The molecule has 2 atom stereocenters. The Hall–Kier alpha value is -0.380. The molecule has 0 aromatic carbocycles. The number of hydrogen-bond donors (Lipinski definition) is 1. The molecule has 3 heteroatoms. The maximum atomic E-state index is 5.84. The monoisotopic (exact) mass is 213 g/mol. The lowest BCUT2D eigenvalue weighted by atomic mass is 10.2. The summed E-state index contributed by atoms with van der Waals surface area (Å²) in [6, 6.07) is 0.532. The SMILES string of the molecule is C=CCOCC1CCC(CNC(C)C)O1. The summed E-state index contributed by atoms with van der Waals surface area (Å²) in [5, 5.41) is 3.39. The van der Waals surface area contributed by atoms with Crippen LogP contribution in [0.2, 0.25) is 0 Å². The standard InChI is InChI=1S/C12H23NO2/c1-4-7-14-9-12-6-5-11(15-12)8-13-10(2)3/h4,10-13H,1,5-9H2,2-3H3. The van der Waals surface area contributed by atoms with E-state index in [9.17, 15) is 0 Å². The van der Waals surface area contributed by atoms with Gasteiger partial charge in [0, 0.05) is 12.6 Å². The molecular weight excluding hydrogens is 190 g/mol. The van der Waals surface area contributed by atoms with Gasteiger partial charge in [0.05, 0.1) is 25.4 Å². The summed E-state index contributed by atoms with van der Waals surface area (Å²) in [5.74, 6) is 0. The Labute approximate surface area is 92.8 Å². The Bertz CT molecular complexity index is 182. The second kappa shape index (κ2) is 6.99. The first-order valence-corrected chi connectivity index (χ1v) is 5.80. The zero-order valence-electron chi connectivity index (χ0n) is 9.87. The van der Waals surface area contributed by atoms with Crippen LogP contribution in [0.5, 0.6) is 0 Å². The minimum atomic E-state index is 0.281. The summed E-state index contributed by atoms with van der Waals surface area (Å²) in [5.41, 5.74) is 0. The van der Waals surface area contributed by atoms with E-state index in [0.29, 0.717) is 25.4 Å². The van der Waals surface area contributed by atoms with Gasteiger partial charge >= 0.3 is 0 Å². The highest BCUT2D eigenvalue weighted by molar-refractivity contribution is 4.76. The summed E-state index contributed by atoms with van der Waals surface area (Å²) in [7, 11) is 0. The van der Waals surface area contributed by atoms with Crippen LogP contribution in [-0.2, 0) is 9.47 Å². The molecule has 88 valence electrons. The molecule has 0 amide bonds. The van der Waals surface area contributed by atoms with Crippen molar-refractivity contribution in [2.45, 2.75) is 44.9 Å². The Morgan fingerprint density at radius 3 is 2.87 bits per heavy atom. The number of hydrogen-bond acceptors (Lipinski definition) is 3. The van der Waals surface area contributed by atoms with E-state index < -0.39 is 0 Å². The van der Waals surface area contributed by atoms with Crippen molar-refractivity contribution in [3.05, 3.63) is 12.7 Å². The van der Waals surface area contributed by atoms with Gasteiger partial charge in [0.15, 0.2) is 0 Å². The van der Waals surface area contributed by atoms with Crippen LogP contribution in [0.25, 0.3) is 0 Å². The van der Waals surface area contributed by atoms with Gasteiger partial charge < -0.3 is 14.8 Å². The van der Waals surface area contributed by atoms with Crippen molar-refractivity contribution in [2.24, 2.45) is 0 Å². The molecule has 0 saturated carbocycles. The second-order valence-corrected chi connectivity index (χ2v) is 4.35. The van der Waals surface area contributed by atoms with Gasteiger partial charge in [-0.3, -0.25) is 0 Å². The predicted octanol–water partition coefficient (Wildman–Crippen LogP) is 1.73. The van der Waals surface area contributed by atoms with Gasteiger partial charge in [0.2, 0.25) is 0 Å². The molecular formula is C12H23NO2. The van der Waals surface area contributed by atoms with Crippen molar-refractivity contribution >= 4 is 0 Å². The highest BCUT2D eigenvalue weighted by Crippen LogP contribution is 2.19. The van der Waals surface area contributed by atoms with Gasteiger partial charge in [-0.15, -0.1) is 6.58 Å². The van der Waals surface area contributed by atoms with Crippen LogP contribution in [0.1, 0.15) is 26.7 Å². The highest BCUT2D eigenvalue weighted by atomic mass is 16.5. The fraction of sp³-hybridized carbons (Fsp3) is 0.833. The van der Waals surface area contributed by atoms with Gasteiger partial charge in [0.25, 0.3) is 0 Å². The molecule has 1 fully saturated rings. The van der Waals surface area contributed by atoms with E-state index in [0.717, 1.165) is 19.4 Å². The van der Waals surface area contributed by atoms with Gasteiger partial charge in [-0.05, 0) is 12.8 Å². The molecule has 0 radical (unpaired) electrons. The largest absolute Gasteiger partial charge is 0.375 e. The average Bonchev–Trinajstić information content (AvgIpc) is 2.63. The van der Waals surface area contributed by atoms with Crippen molar-refractivity contribution in [1.29, 1.82) is 0 Å². The molecule has 0 aromatic rings. The lowest BCUT2D eigenvalue weighted by molar-refractivity contribution is -0.00852. The van der Waals surface area contributed by atoms with Crippen LogP contribution in [0.4, 0.5) is 0 Å². The van der Waals surface area contributed by atoms with Gasteiger partial charge in [-0.2, -0.15) is 0 Å². The molecule has 3 nitrogen and oxygen atoms in total. The van der Waals surface area contributed by atoms with Gasteiger partial charge in [-0.25, -0.2) is 0 Å². The van der Waals surface area contributed by atoms with E-state index in [1.54, 1.807) is 6.08 Å². The molecule has 1 N–H and O–H groups in total. The summed E-state index contributed by atoms with van der Waals surface area (Å²) in [4.78, 5) is 0. The summed E-state index contributed by atoms with van der Waals surface area (Å²) in [6.07, 6.45) is 4.67. The molecule has 15 heavy (non-hydrogen) atoms. The minimum Gasteiger partial charge on any atom is -0.375 e. The third-order valence-corrected chi connectivity index (χ3v) is 2.49. The van der Waals surface area contributed by atoms with Crippen LogP contribution >= 0.6 is 0 Å². The lowest BCUT2D eigenvalue weighted by Gasteiger charge is -2.15. The molecule has 1 heterocycles. The third-order valence-electron chi connectivity index (χ3n) is 2.49. The topological polar surface area (TPSA) is 30.5 Å². The molecule has 0 aromatic heterocycles. The Kier molecular flexibility index (Phi) is 5.91. The Morgan fingerprint density at radius 2 is 2.20 bits per heavy atom. The van der Waals surface area contributed by atoms with Crippen LogP contribution < -0.4 is 5.32 Å². The fourth-order valence-corrected chi connectivity index (χ4v) is 1.70. The molecule has 1 rings (SSSR count). The van der Waals surface area contributed by atoms with E-state index in [2.05, 4.69) is 25.7 Å². The fourth-order valence-electron chi connectivity index (χ4n) is 1.70. The first-order valence-electron chi connectivity index (χ1n) is 5.80. The van der Waals surface area contributed by atoms with Crippen LogP contribution in [0.15, 0.2) is 12.7 Å². The molecule has 1 saturated heterocycles. The Balaban J connectivity index is 2.07. The molecule has 1 aliphatic rings. The van der Waals surface area contributed by atoms with Crippen molar-refractivity contribution in [3.8, 4) is 0 Å². The van der Waals surface area contributed by atoms with E-state index in [-0.39, 0.29) is 6.10 Å². The normalized spacial score (nSPS) is 26.1. The van der Waals surface area contributed by atoms with E-state index in [1.165, 1.54) is 0 Å². The molecule has 0 spiro atoms. The van der Waals surface area contributed by atoms with E-state index in [1.807, 2.05) is 0 Å². The van der Waals surface area contributed by atoms with Gasteiger partial charge in [-0.1, -0.05) is 19.9 Å². The zero-order chi connectivity index (χ0) is 11.1. The quantitative estimate of drug-likeness (QED) is 0.516. The van der Waals surface area contributed by atoms with Crippen LogP contribution in [0.3, 0.4) is 0 Å². The lowest BCUT2D eigenvalue weighted by Crippen LogP contribution is -2.32. The van der Waals surface area contributed by atoms with Crippen molar-refractivity contribution in [1.82, 2.24) is 5.32 Å². The summed E-state index contributed by atoms with van der Waals surface area (Å²) >= 11 is 0. The minimum absolute atomic E-state index is 0.281. The first kappa shape index (κ1) is 12.7. The summed E-state index contributed by atoms with van der Waals surface area (Å²) < 4.78 is 11.2. The zero-order valence-corrected chi connectivity index (χ0v) is 9.87. The van der Waals surface area contributed by atoms with Gasteiger partial charge in [0.1, 0.15) is 0 Å². The molecule has 1 aliphatic heterocycles. The van der Waals surface area contributed by atoms with Crippen molar-refractivity contribution in [3.63, 3.8) is 0 Å². The Morgan fingerprint density at radius 1 is 1.47 bits per heavy atom. The summed E-state index contributed by atoms with van der Waals surface area (Å²) in [6.45, 7) is 10.2. The average molecular weight is 213 g/mol. The smallest absolute Gasteiger partial charge is 0.0814 e. The molecule has 0 bridgehead atoms. The number of rotatable bonds is 7. The second-order valence-electron chi connectivity index (χ2n) is 4.35. The van der Waals surface area contributed by atoms with Crippen molar-refractivity contribution < 1.29 is 9.47 Å². The number of nitrogens with one attached hydrogen (secondary N) is 1. The third kappa shape index (κ3) is 5.30. The predicted molar refractivity (Wildman–Crippen MR) is 62.0 cm³/mol. The van der Waals surface area contributed by atoms with Crippen LogP contribution in [-0.4, -0.2) is 38.0 Å². The first-order chi connectivity index (χ1) is 7.22. The maximum Gasteiger partial charge on any atom is 0.0814 e.